The largest absolute Gasteiger partial charge is 0.379 e. The highest BCUT2D eigenvalue weighted by Crippen LogP contribution is 2.33. The molecule has 10 heteroatoms. The van der Waals surface area contributed by atoms with E-state index in [0.29, 0.717) is 12.6 Å². The fourth-order valence-corrected chi connectivity index (χ4v) is 6.11. The zero-order valence-corrected chi connectivity index (χ0v) is 22.7. The van der Waals surface area contributed by atoms with Crippen molar-refractivity contribution in [2.75, 3.05) is 75.8 Å². The third-order valence-corrected chi connectivity index (χ3v) is 8.33. The number of nitrogens with one attached hydrogen (secondary N) is 1. The minimum Gasteiger partial charge on any atom is -0.379 e. The third-order valence-electron chi connectivity index (χ3n) is 8.33. The summed E-state index contributed by atoms with van der Waals surface area (Å²) in [6.07, 6.45) is 10.0. The van der Waals surface area contributed by atoms with E-state index in [-0.39, 0.29) is 11.8 Å². The number of ether oxygens (including phenoxy) is 1. The molecule has 5 rings (SSSR count). The topological polar surface area (TPSA) is 91.7 Å². The fourth-order valence-electron chi connectivity index (χ4n) is 6.11. The predicted molar refractivity (Wildman–Crippen MR) is 146 cm³/mol. The molecule has 0 spiro atoms. The molecule has 1 unspecified atom stereocenters. The van der Waals surface area contributed by atoms with Gasteiger partial charge in [-0.05, 0) is 39.5 Å². The zero-order valence-electron chi connectivity index (χ0n) is 22.7. The molecule has 2 aromatic rings. The molecule has 1 N–H and O–H groups in total. The molecular formula is C27H44N8O2. The highest BCUT2D eigenvalue weighted by atomic mass is 16.5. The molecule has 2 aromatic heterocycles. The summed E-state index contributed by atoms with van der Waals surface area (Å²) in [5, 5.41) is 3.59. The van der Waals surface area contributed by atoms with E-state index in [0.717, 1.165) is 94.8 Å². The summed E-state index contributed by atoms with van der Waals surface area (Å²) >= 11 is 0. The van der Waals surface area contributed by atoms with Gasteiger partial charge in [0.05, 0.1) is 25.5 Å². The first-order valence-corrected chi connectivity index (χ1v) is 14.5. The number of amides is 1. The van der Waals surface area contributed by atoms with Gasteiger partial charge in [-0.2, -0.15) is 9.97 Å². The van der Waals surface area contributed by atoms with E-state index in [1.165, 1.54) is 32.1 Å². The van der Waals surface area contributed by atoms with Crippen LogP contribution < -0.4 is 10.2 Å². The second-order valence-electron chi connectivity index (χ2n) is 10.7. The highest BCUT2D eigenvalue weighted by Gasteiger charge is 2.30. The Labute approximate surface area is 220 Å². The van der Waals surface area contributed by atoms with Gasteiger partial charge in [0, 0.05) is 58.4 Å². The van der Waals surface area contributed by atoms with Crippen molar-refractivity contribution in [2.45, 2.75) is 64.8 Å². The van der Waals surface area contributed by atoms with Gasteiger partial charge >= 0.3 is 0 Å². The molecule has 3 fully saturated rings. The van der Waals surface area contributed by atoms with Gasteiger partial charge in [-0.15, -0.1) is 0 Å². The molecule has 1 atom stereocenters. The maximum atomic E-state index is 13.1. The van der Waals surface area contributed by atoms with Crippen LogP contribution in [0.1, 0.15) is 64.8 Å². The first-order valence-electron chi connectivity index (χ1n) is 14.5. The summed E-state index contributed by atoms with van der Waals surface area (Å²) in [4.78, 5) is 34.6. The highest BCUT2D eigenvalue weighted by molar-refractivity contribution is 5.85. The Morgan fingerprint density at radius 1 is 1.05 bits per heavy atom. The van der Waals surface area contributed by atoms with Crippen LogP contribution in [0.25, 0.3) is 11.2 Å². The number of fused-ring (bicyclic) bond motifs is 1. The molecular weight excluding hydrogens is 468 g/mol. The first-order chi connectivity index (χ1) is 18.2. The van der Waals surface area contributed by atoms with Crippen molar-refractivity contribution < 1.29 is 9.53 Å². The second-order valence-corrected chi connectivity index (χ2v) is 10.7. The quantitative estimate of drug-likeness (QED) is 0.548. The Morgan fingerprint density at radius 2 is 1.84 bits per heavy atom. The molecule has 2 saturated heterocycles. The number of nitrogens with zero attached hydrogens (tertiary/aromatic N) is 7. The van der Waals surface area contributed by atoms with Crippen molar-refractivity contribution >= 4 is 28.8 Å². The predicted octanol–water partition coefficient (Wildman–Crippen LogP) is 3.16. The van der Waals surface area contributed by atoms with E-state index in [1.54, 1.807) is 0 Å². The minimum atomic E-state index is -0.00562. The maximum Gasteiger partial charge on any atom is 0.229 e. The number of anilines is 2. The Hall–Kier alpha value is -2.46. The molecule has 3 aliphatic rings. The van der Waals surface area contributed by atoms with Crippen molar-refractivity contribution in [3.8, 4) is 0 Å². The Balaban J connectivity index is 1.40. The molecule has 2 aliphatic heterocycles. The molecule has 0 radical (unpaired) electrons. The Kier molecular flexibility index (Phi) is 8.76. The monoisotopic (exact) mass is 512 g/mol. The lowest BCUT2D eigenvalue weighted by molar-refractivity contribution is -0.135. The van der Waals surface area contributed by atoms with Gasteiger partial charge in [-0.25, -0.2) is 4.98 Å². The van der Waals surface area contributed by atoms with Crippen molar-refractivity contribution in [2.24, 2.45) is 5.92 Å². The van der Waals surface area contributed by atoms with Crippen LogP contribution >= 0.6 is 0 Å². The number of morpholine rings is 1. The van der Waals surface area contributed by atoms with Crippen LogP contribution in [0.15, 0.2) is 6.33 Å². The number of carbonyl (C=O) groups excluding carboxylic acids is 1. The van der Waals surface area contributed by atoms with Crippen molar-refractivity contribution in [1.29, 1.82) is 0 Å². The summed E-state index contributed by atoms with van der Waals surface area (Å²) in [7, 11) is 0. The van der Waals surface area contributed by atoms with Crippen LogP contribution in [0.5, 0.6) is 0 Å². The molecule has 0 aromatic carbocycles. The zero-order chi connectivity index (χ0) is 25.6. The van der Waals surface area contributed by atoms with Gasteiger partial charge in [0.15, 0.2) is 17.0 Å². The first kappa shape index (κ1) is 26.2. The summed E-state index contributed by atoms with van der Waals surface area (Å²) in [6, 6.07) is 0.445. The molecule has 1 saturated carbocycles. The van der Waals surface area contributed by atoms with Gasteiger partial charge in [-0.1, -0.05) is 19.3 Å². The van der Waals surface area contributed by atoms with Gasteiger partial charge < -0.3 is 24.4 Å². The van der Waals surface area contributed by atoms with E-state index in [4.69, 9.17) is 19.7 Å². The van der Waals surface area contributed by atoms with Crippen molar-refractivity contribution in [1.82, 2.24) is 29.3 Å². The van der Waals surface area contributed by atoms with Crippen LogP contribution in [-0.4, -0.2) is 101 Å². The van der Waals surface area contributed by atoms with E-state index in [2.05, 4.69) is 33.5 Å². The molecule has 4 heterocycles. The third kappa shape index (κ3) is 6.00. The van der Waals surface area contributed by atoms with Gasteiger partial charge in [0.25, 0.3) is 0 Å². The number of piperidine rings is 1. The van der Waals surface area contributed by atoms with E-state index < -0.39 is 0 Å². The van der Waals surface area contributed by atoms with Crippen LogP contribution in [0.3, 0.4) is 0 Å². The van der Waals surface area contributed by atoms with E-state index >= 15 is 0 Å². The smallest absolute Gasteiger partial charge is 0.229 e. The molecule has 10 nitrogen and oxygen atoms in total. The molecule has 0 bridgehead atoms. The number of imidazole rings is 1. The molecule has 1 amide bonds. The molecule has 204 valence electrons. The summed E-state index contributed by atoms with van der Waals surface area (Å²) in [5.41, 5.74) is 1.77. The average molecular weight is 513 g/mol. The van der Waals surface area contributed by atoms with Crippen LogP contribution in [0.4, 0.5) is 11.8 Å². The van der Waals surface area contributed by atoms with Crippen LogP contribution in [0.2, 0.25) is 0 Å². The van der Waals surface area contributed by atoms with Gasteiger partial charge in [-0.3, -0.25) is 9.69 Å². The van der Waals surface area contributed by atoms with E-state index in [9.17, 15) is 4.79 Å². The van der Waals surface area contributed by atoms with Gasteiger partial charge in [0.2, 0.25) is 11.9 Å². The van der Waals surface area contributed by atoms with Crippen LogP contribution in [-0.2, 0) is 9.53 Å². The van der Waals surface area contributed by atoms with E-state index in [1.807, 2.05) is 11.2 Å². The lowest BCUT2D eigenvalue weighted by Crippen LogP contribution is -2.45. The number of hydrogen-bond acceptors (Lipinski definition) is 8. The van der Waals surface area contributed by atoms with Crippen LogP contribution in [0, 0.1) is 5.92 Å². The SMILES string of the molecule is CCN(CC)C(=O)C1CCCN(c2nc(NCCN3CCOCC3)c3ncn(C4CCCCC4)c3n2)C1. The molecule has 37 heavy (non-hydrogen) atoms. The lowest BCUT2D eigenvalue weighted by Gasteiger charge is -2.34. The number of carbonyl (C=O) groups is 1. The lowest BCUT2D eigenvalue weighted by atomic mass is 9.95. The second kappa shape index (κ2) is 12.4. The molecule has 1 aliphatic carbocycles. The standard InChI is InChI=1S/C27H44N8O2/c1-3-33(4-2)26(36)21-9-8-13-34(19-21)27-30-24(28-12-14-32-15-17-37-18-16-32)23-25(31-27)35(20-29-23)22-10-6-5-7-11-22/h20-22H,3-19H2,1-2H3,(H,28,30,31). The fraction of sp³-hybridized carbons (Fsp3) is 0.778. The number of rotatable bonds is 9. The normalized spacial score (nSPS) is 21.9. The number of aromatic nitrogens is 4. The maximum absolute atomic E-state index is 13.1. The number of hydrogen-bond donors (Lipinski definition) is 1. The Bertz CT molecular complexity index is 1030. The summed E-state index contributed by atoms with van der Waals surface area (Å²) in [5.74, 6) is 1.77. The minimum absolute atomic E-state index is 0.00562. The van der Waals surface area contributed by atoms with Crippen molar-refractivity contribution in [3.63, 3.8) is 0 Å². The van der Waals surface area contributed by atoms with Crippen molar-refractivity contribution in [3.05, 3.63) is 6.33 Å². The van der Waals surface area contributed by atoms with Gasteiger partial charge in [0.1, 0.15) is 0 Å². The summed E-state index contributed by atoms with van der Waals surface area (Å²) < 4.78 is 7.78. The average Bonchev–Trinajstić information content (AvgIpc) is 3.39. The summed E-state index contributed by atoms with van der Waals surface area (Å²) in [6.45, 7) is 12.5. The Morgan fingerprint density at radius 3 is 2.59 bits per heavy atom.